The number of allylic oxidation sites excluding steroid dienone is 4. The Morgan fingerprint density at radius 3 is 2.59 bits per heavy atom. The van der Waals surface area contributed by atoms with Gasteiger partial charge in [-0.25, -0.2) is 8.96 Å². The lowest BCUT2D eigenvalue weighted by molar-refractivity contribution is -0.185. The van der Waals surface area contributed by atoms with Crippen molar-refractivity contribution in [1.29, 1.82) is 0 Å². The van der Waals surface area contributed by atoms with Gasteiger partial charge in [0.15, 0.2) is 11.6 Å². The van der Waals surface area contributed by atoms with Crippen LogP contribution in [-0.4, -0.2) is 56.0 Å². The van der Waals surface area contributed by atoms with Crippen LogP contribution in [0.1, 0.15) is 40.0 Å². The second kappa shape index (κ2) is 7.39. The monoisotopic (exact) mass is 472 g/mol. The van der Waals surface area contributed by atoms with Crippen molar-refractivity contribution in [1.82, 2.24) is 0 Å². The van der Waals surface area contributed by atoms with Gasteiger partial charge in [-0.3, -0.25) is 14.1 Å². The Balaban J connectivity index is 1.72. The van der Waals surface area contributed by atoms with E-state index in [2.05, 4.69) is 4.52 Å². The fourth-order valence-corrected chi connectivity index (χ4v) is 7.80. The SMILES string of the molecule is C[C@@H]1C[C@H]2[C@@H]3C[C@H](F)C4=CC(=O)C=C[C@]4(C)[C@H]3[C@@H](O)C[C@]2(C)[C@@]1(O)C(=O)COP(=O)(O)O. The zero-order valence-electron chi connectivity index (χ0n) is 18.3. The first-order valence-corrected chi connectivity index (χ1v) is 12.4. The van der Waals surface area contributed by atoms with Crippen LogP contribution in [0.2, 0.25) is 0 Å². The number of aliphatic hydroxyl groups is 2. The number of phosphoric ester groups is 1. The number of fused-ring (bicyclic) bond motifs is 5. The molecule has 0 aromatic rings. The van der Waals surface area contributed by atoms with E-state index in [1.54, 1.807) is 19.9 Å². The molecule has 8 nitrogen and oxygen atoms in total. The lowest BCUT2D eigenvalue weighted by Crippen LogP contribution is -2.63. The number of phosphoric acid groups is 1. The van der Waals surface area contributed by atoms with Crippen molar-refractivity contribution in [2.75, 3.05) is 6.61 Å². The summed E-state index contributed by atoms with van der Waals surface area (Å²) in [5, 5.41) is 22.9. The second-order valence-corrected chi connectivity index (χ2v) is 11.6. The van der Waals surface area contributed by atoms with Gasteiger partial charge in [-0.2, -0.15) is 0 Å². The first-order valence-electron chi connectivity index (χ1n) is 10.9. The van der Waals surface area contributed by atoms with Gasteiger partial charge in [-0.05, 0) is 54.7 Å². The van der Waals surface area contributed by atoms with Crippen LogP contribution in [-0.2, 0) is 18.7 Å². The minimum Gasteiger partial charge on any atom is -0.393 e. The van der Waals surface area contributed by atoms with Crippen LogP contribution in [0, 0.1) is 34.5 Å². The van der Waals surface area contributed by atoms with E-state index in [1.165, 1.54) is 12.2 Å². The summed E-state index contributed by atoms with van der Waals surface area (Å²) in [5.74, 6) is -2.77. The van der Waals surface area contributed by atoms with E-state index in [0.717, 1.165) is 0 Å². The minimum atomic E-state index is -4.91. The Bertz CT molecular complexity index is 958. The Hall–Kier alpha value is -1.22. The standard InChI is InChI=1S/C22H30FO8P/c1-11-6-14-13-8-16(23)15-7-12(24)4-5-20(15,2)19(13)17(25)9-21(14,3)22(11,27)18(26)10-31-32(28,29)30/h4-5,7,11,13-14,16-17,19,25,27H,6,8-10H2,1-3H3,(H2,28,29,30)/t11-,13+,14+,16+,17+,19-,20+,21+,22+/m1/s1. The third-order valence-corrected chi connectivity index (χ3v) is 9.31. The second-order valence-electron chi connectivity index (χ2n) is 10.4. The quantitative estimate of drug-likeness (QED) is 0.455. The van der Waals surface area contributed by atoms with Crippen LogP contribution in [0.5, 0.6) is 0 Å². The highest BCUT2D eigenvalue weighted by Crippen LogP contribution is 2.68. The van der Waals surface area contributed by atoms with Crippen LogP contribution in [0.25, 0.3) is 0 Å². The number of hydrogen-bond donors (Lipinski definition) is 4. The molecule has 4 aliphatic rings. The van der Waals surface area contributed by atoms with Crippen molar-refractivity contribution in [3.05, 3.63) is 23.8 Å². The molecule has 178 valence electrons. The van der Waals surface area contributed by atoms with E-state index in [0.29, 0.717) is 12.0 Å². The molecular formula is C22H30FO8P. The molecule has 9 atom stereocenters. The average Bonchev–Trinajstić information content (AvgIpc) is 2.88. The van der Waals surface area contributed by atoms with Gasteiger partial charge in [-0.1, -0.05) is 26.8 Å². The van der Waals surface area contributed by atoms with Crippen LogP contribution < -0.4 is 0 Å². The number of hydrogen-bond acceptors (Lipinski definition) is 6. The van der Waals surface area contributed by atoms with Crippen molar-refractivity contribution in [3.8, 4) is 0 Å². The number of carbonyl (C=O) groups is 2. The van der Waals surface area contributed by atoms with E-state index < -0.39 is 54.8 Å². The molecule has 4 rings (SSSR count). The third kappa shape index (κ3) is 3.24. The topological polar surface area (TPSA) is 141 Å². The molecule has 4 aliphatic carbocycles. The molecule has 0 radical (unpaired) electrons. The van der Waals surface area contributed by atoms with E-state index in [4.69, 9.17) is 9.79 Å². The number of halogens is 1. The van der Waals surface area contributed by atoms with Gasteiger partial charge in [0.2, 0.25) is 0 Å². The lowest BCUT2D eigenvalue weighted by Gasteiger charge is -2.60. The summed E-state index contributed by atoms with van der Waals surface area (Å²) >= 11 is 0. The molecule has 3 saturated carbocycles. The molecule has 0 heterocycles. The summed E-state index contributed by atoms with van der Waals surface area (Å²) in [6.45, 7) is 4.24. The average molecular weight is 472 g/mol. The van der Waals surface area contributed by atoms with Crippen molar-refractivity contribution in [2.24, 2.45) is 34.5 Å². The van der Waals surface area contributed by atoms with Gasteiger partial charge in [0, 0.05) is 16.7 Å². The first kappa shape index (κ1) is 23.9. The van der Waals surface area contributed by atoms with E-state index >= 15 is 4.39 Å². The molecule has 0 spiro atoms. The van der Waals surface area contributed by atoms with Crippen LogP contribution in [0.15, 0.2) is 23.8 Å². The minimum absolute atomic E-state index is 0.0585. The molecule has 3 fully saturated rings. The fourth-order valence-electron chi connectivity index (χ4n) is 7.52. The van der Waals surface area contributed by atoms with E-state index in [-0.39, 0.29) is 36.4 Å². The highest BCUT2D eigenvalue weighted by atomic mass is 31.2. The van der Waals surface area contributed by atoms with Gasteiger partial charge in [0.05, 0.1) is 6.10 Å². The zero-order valence-corrected chi connectivity index (χ0v) is 19.2. The number of ketones is 2. The number of rotatable bonds is 4. The number of aliphatic hydroxyl groups excluding tert-OH is 1. The van der Waals surface area contributed by atoms with Crippen LogP contribution >= 0.6 is 7.82 Å². The smallest absolute Gasteiger partial charge is 0.393 e. The molecule has 0 aromatic heterocycles. The van der Waals surface area contributed by atoms with Crippen LogP contribution in [0.4, 0.5) is 4.39 Å². The molecule has 32 heavy (non-hydrogen) atoms. The zero-order chi connectivity index (χ0) is 23.9. The summed E-state index contributed by atoms with van der Waals surface area (Å²) in [5.41, 5.74) is -3.61. The Kier molecular flexibility index (Phi) is 5.52. The Labute approximate surface area is 185 Å². The highest BCUT2D eigenvalue weighted by molar-refractivity contribution is 7.46. The van der Waals surface area contributed by atoms with Crippen molar-refractivity contribution < 1.29 is 43.1 Å². The number of Topliss-reactive ketones (excluding diaryl/α,β-unsaturated/α-hetero) is 1. The molecule has 0 aliphatic heterocycles. The molecule has 0 saturated heterocycles. The maximum atomic E-state index is 15.3. The Morgan fingerprint density at radius 1 is 1.31 bits per heavy atom. The lowest BCUT2D eigenvalue weighted by atomic mass is 9.46. The van der Waals surface area contributed by atoms with Gasteiger partial charge in [-0.15, -0.1) is 0 Å². The summed E-state index contributed by atoms with van der Waals surface area (Å²) in [4.78, 5) is 42.8. The molecule has 0 unspecified atom stereocenters. The van der Waals surface area contributed by atoms with Crippen molar-refractivity contribution in [3.63, 3.8) is 0 Å². The largest absolute Gasteiger partial charge is 0.470 e. The summed E-state index contributed by atoms with van der Waals surface area (Å²) in [6.07, 6.45) is 2.54. The van der Waals surface area contributed by atoms with E-state index in [9.17, 15) is 24.4 Å². The number of alkyl halides is 1. The molecule has 4 N–H and O–H groups in total. The molecule has 0 bridgehead atoms. The predicted molar refractivity (Wildman–Crippen MR) is 111 cm³/mol. The number of carbonyl (C=O) groups excluding carboxylic acids is 2. The molecule has 10 heteroatoms. The molecule has 0 aromatic carbocycles. The Morgan fingerprint density at radius 2 is 1.97 bits per heavy atom. The maximum Gasteiger partial charge on any atom is 0.470 e. The first-order chi connectivity index (χ1) is 14.6. The van der Waals surface area contributed by atoms with Gasteiger partial charge < -0.3 is 20.0 Å². The third-order valence-electron chi connectivity index (χ3n) is 8.85. The van der Waals surface area contributed by atoms with Crippen LogP contribution in [0.3, 0.4) is 0 Å². The van der Waals surface area contributed by atoms with Crippen molar-refractivity contribution >= 4 is 19.4 Å². The fraction of sp³-hybridized carbons (Fsp3) is 0.727. The van der Waals surface area contributed by atoms with Crippen molar-refractivity contribution in [2.45, 2.75) is 57.9 Å². The summed E-state index contributed by atoms with van der Waals surface area (Å²) in [7, 11) is -4.91. The predicted octanol–water partition coefficient (Wildman–Crippen LogP) is 1.87. The van der Waals surface area contributed by atoms with E-state index in [1.807, 2.05) is 6.92 Å². The summed E-state index contributed by atoms with van der Waals surface area (Å²) in [6, 6.07) is 0. The maximum absolute atomic E-state index is 15.3. The van der Waals surface area contributed by atoms with Gasteiger partial charge in [0.1, 0.15) is 18.4 Å². The molecular weight excluding hydrogens is 442 g/mol. The highest BCUT2D eigenvalue weighted by Gasteiger charge is 2.71. The molecule has 0 amide bonds. The van der Waals surface area contributed by atoms with Gasteiger partial charge in [0.25, 0.3) is 0 Å². The summed E-state index contributed by atoms with van der Waals surface area (Å²) < 4.78 is 30.8. The van der Waals surface area contributed by atoms with Gasteiger partial charge >= 0.3 is 7.82 Å². The normalized spacial score (nSPS) is 48.0.